The third kappa shape index (κ3) is 2.52. The summed E-state index contributed by atoms with van der Waals surface area (Å²) in [6.45, 7) is 8.09. The summed E-state index contributed by atoms with van der Waals surface area (Å²) in [4.78, 5) is 0. The van der Waals surface area contributed by atoms with Gasteiger partial charge in [-0.1, -0.05) is 128 Å². The van der Waals surface area contributed by atoms with Crippen molar-refractivity contribution in [1.82, 2.24) is 0 Å². The molecular formula is C35H24. The van der Waals surface area contributed by atoms with Gasteiger partial charge in [0.15, 0.2) is 0 Å². The minimum Gasteiger partial charge on any atom is -0.0985 e. The fourth-order valence-electron chi connectivity index (χ4n) is 6.39. The Balaban J connectivity index is 1.60. The molecule has 35 heavy (non-hydrogen) atoms. The molecule has 0 aromatic heterocycles. The molecule has 2 aliphatic carbocycles. The molecule has 164 valence electrons. The molecule has 0 aliphatic heterocycles. The lowest BCUT2D eigenvalue weighted by atomic mass is 9.70. The molecule has 0 radical (unpaired) electrons. The standard InChI is InChI=1S/C35H24/c1-3-23(2)24-12-10-13-25(22-24)26-17-11-21-33-34(26)29-16-6-9-20-32(29)35(33)30-18-7-4-14-27(30)28-15-5-8-19-31(28)35/h3-22H,1-2H2. The first-order chi connectivity index (χ1) is 17.2. The van der Waals surface area contributed by atoms with Crippen LogP contribution in [0.5, 0.6) is 0 Å². The highest BCUT2D eigenvalue weighted by Gasteiger charge is 2.51. The Kier molecular flexibility index (Phi) is 4.16. The maximum absolute atomic E-state index is 4.18. The predicted molar refractivity (Wildman–Crippen MR) is 147 cm³/mol. The summed E-state index contributed by atoms with van der Waals surface area (Å²) < 4.78 is 0. The van der Waals surface area contributed by atoms with Crippen LogP contribution in [0.2, 0.25) is 0 Å². The molecule has 2 aliphatic rings. The zero-order valence-corrected chi connectivity index (χ0v) is 19.5. The van der Waals surface area contributed by atoms with Crippen molar-refractivity contribution in [3.63, 3.8) is 0 Å². The van der Waals surface area contributed by atoms with Gasteiger partial charge in [0.1, 0.15) is 0 Å². The van der Waals surface area contributed by atoms with Crippen LogP contribution in [0.4, 0.5) is 0 Å². The molecule has 0 heteroatoms. The predicted octanol–water partition coefficient (Wildman–Crippen LogP) is 8.90. The van der Waals surface area contributed by atoms with Crippen LogP contribution in [0.25, 0.3) is 39.0 Å². The van der Waals surface area contributed by atoms with Gasteiger partial charge < -0.3 is 0 Å². The lowest BCUT2D eigenvalue weighted by molar-refractivity contribution is 0.794. The monoisotopic (exact) mass is 444 g/mol. The topological polar surface area (TPSA) is 0 Å². The van der Waals surface area contributed by atoms with Gasteiger partial charge in [0.25, 0.3) is 0 Å². The second-order valence-corrected chi connectivity index (χ2v) is 9.43. The Morgan fingerprint density at radius 2 is 1.06 bits per heavy atom. The first-order valence-electron chi connectivity index (χ1n) is 12.1. The van der Waals surface area contributed by atoms with Crippen LogP contribution in [-0.4, -0.2) is 0 Å². The molecule has 7 rings (SSSR count). The summed E-state index contributed by atoms with van der Waals surface area (Å²) in [5, 5.41) is 0. The molecule has 0 fully saturated rings. The normalized spacial score (nSPS) is 13.6. The lowest BCUT2D eigenvalue weighted by Gasteiger charge is -2.30. The number of rotatable bonds is 3. The van der Waals surface area contributed by atoms with Gasteiger partial charge in [-0.05, 0) is 72.8 Å². The fourth-order valence-corrected chi connectivity index (χ4v) is 6.39. The van der Waals surface area contributed by atoms with Gasteiger partial charge in [0.2, 0.25) is 0 Å². The Morgan fingerprint density at radius 3 is 1.71 bits per heavy atom. The second-order valence-electron chi connectivity index (χ2n) is 9.43. The fraction of sp³-hybridized carbons (Fsp3) is 0.0286. The van der Waals surface area contributed by atoms with E-state index in [9.17, 15) is 0 Å². The van der Waals surface area contributed by atoms with E-state index in [0.717, 1.165) is 11.1 Å². The Morgan fingerprint density at radius 1 is 0.543 bits per heavy atom. The average molecular weight is 445 g/mol. The molecule has 0 unspecified atom stereocenters. The van der Waals surface area contributed by atoms with Crippen LogP contribution in [0.15, 0.2) is 134 Å². The van der Waals surface area contributed by atoms with Crippen molar-refractivity contribution < 1.29 is 0 Å². The Hall–Kier alpha value is -4.42. The van der Waals surface area contributed by atoms with Gasteiger partial charge in [-0.2, -0.15) is 0 Å². The molecule has 1 spiro atoms. The van der Waals surface area contributed by atoms with Gasteiger partial charge in [-0.15, -0.1) is 0 Å². The molecule has 5 aromatic carbocycles. The molecule has 0 N–H and O–H groups in total. The molecule has 0 nitrogen and oxygen atoms in total. The van der Waals surface area contributed by atoms with E-state index < -0.39 is 0 Å². The summed E-state index contributed by atoms with van der Waals surface area (Å²) in [6.07, 6.45) is 1.82. The SMILES string of the molecule is C=CC(=C)c1cccc(-c2cccc3c2-c2ccccc2C32c3ccccc3-c3ccccc32)c1. The largest absolute Gasteiger partial charge is 0.0985 e. The van der Waals surface area contributed by atoms with Crippen molar-refractivity contribution in [2.75, 3.05) is 0 Å². The molecule has 0 amide bonds. The molecule has 0 atom stereocenters. The van der Waals surface area contributed by atoms with E-state index in [1.54, 1.807) is 0 Å². The van der Waals surface area contributed by atoms with E-state index in [0.29, 0.717) is 0 Å². The van der Waals surface area contributed by atoms with E-state index in [-0.39, 0.29) is 5.41 Å². The van der Waals surface area contributed by atoms with Crippen LogP contribution in [0.1, 0.15) is 27.8 Å². The van der Waals surface area contributed by atoms with Crippen molar-refractivity contribution >= 4 is 5.57 Å². The zero-order chi connectivity index (χ0) is 23.6. The maximum Gasteiger partial charge on any atom is 0.0725 e. The van der Waals surface area contributed by atoms with E-state index >= 15 is 0 Å². The maximum atomic E-state index is 4.18. The summed E-state index contributed by atoms with van der Waals surface area (Å²) in [6, 6.07) is 42.3. The van der Waals surface area contributed by atoms with E-state index in [1.165, 1.54) is 55.6 Å². The van der Waals surface area contributed by atoms with Crippen molar-refractivity contribution in [2.24, 2.45) is 0 Å². The first kappa shape index (κ1) is 20.0. The molecule has 0 heterocycles. The minimum absolute atomic E-state index is 0.308. The minimum atomic E-state index is -0.308. The molecular weight excluding hydrogens is 420 g/mol. The van der Waals surface area contributed by atoms with E-state index in [4.69, 9.17) is 0 Å². The van der Waals surface area contributed by atoms with E-state index in [1.807, 2.05) is 6.08 Å². The highest BCUT2D eigenvalue weighted by Crippen LogP contribution is 2.63. The number of hydrogen-bond acceptors (Lipinski definition) is 0. The number of benzene rings is 5. The molecule has 0 bridgehead atoms. The smallest absolute Gasteiger partial charge is 0.0725 e. The zero-order valence-electron chi connectivity index (χ0n) is 19.5. The van der Waals surface area contributed by atoms with Crippen molar-refractivity contribution in [1.29, 1.82) is 0 Å². The Bertz CT molecular complexity index is 1640. The van der Waals surface area contributed by atoms with Crippen LogP contribution < -0.4 is 0 Å². The summed E-state index contributed by atoms with van der Waals surface area (Å²) in [7, 11) is 0. The molecule has 0 saturated heterocycles. The van der Waals surface area contributed by atoms with Crippen molar-refractivity contribution in [2.45, 2.75) is 5.41 Å². The van der Waals surface area contributed by atoms with Crippen molar-refractivity contribution in [3.05, 3.63) is 162 Å². The summed E-state index contributed by atoms with van der Waals surface area (Å²) in [5.41, 5.74) is 15.0. The van der Waals surface area contributed by atoms with Crippen LogP contribution >= 0.6 is 0 Å². The van der Waals surface area contributed by atoms with Gasteiger partial charge in [-0.25, -0.2) is 0 Å². The number of allylic oxidation sites excluding steroid dienone is 2. The lowest BCUT2D eigenvalue weighted by Crippen LogP contribution is -2.25. The van der Waals surface area contributed by atoms with Crippen LogP contribution in [0, 0.1) is 0 Å². The summed E-state index contributed by atoms with van der Waals surface area (Å²) in [5.74, 6) is 0. The number of hydrogen-bond donors (Lipinski definition) is 0. The highest BCUT2D eigenvalue weighted by atomic mass is 14.5. The quantitative estimate of drug-likeness (QED) is 0.239. The third-order valence-electron chi connectivity index (χ3n) is 7.81. The van der Waals surface area contributed by atoms with Crippen molar-refractivity contribution in [3.8, 4) is 33.4 Å². The second kappa shape index (κ2) is 7.29. The number of fused-ring (bicyclic) bond motifs is 10. The summed E-state index contributed by atoms with van der Waals surface area (Å²) >= 11 is 0. The average Bonchev–Trinajstić information content (AvgIpc) is 3.40. The van der Waals surface area contributed by atoms with Gasteiger partial charge in [0, 0.05) is 0 Å². The van der Waals surface area contributed by atoms with Crippen LogP contribution in [0.3, 0.4) is 0 Å². The van der Waals surface area contributed by atoms with Crippen LogP contribution in [-0.2, 0) is 5.41 Å². The molecule has 0 saturated carbocycles. The molecule has 5 aromatic rings. The van der Waals surface area contributed by atoms with Gasteiger partial charge in [0.05, 0.1) is 5.41 Å². The third-order valence-corrected chi connectivity index (χ3v) is 7.81. The van der Waals surface area contributed by atoms with Gasteiger partial charge >= 0.3 is 0 Å². The van der Waals surface area contributed by atoms with Gasteiger partial charge in [-0.3, -0.25) is 0 Å². The Labute approximate surface area is 206 Å². The van der Waals surface area contributed by atoms with E-state index in [2.05, 4.69) is 128 Å². The first-order valence-corrected chi connectivity index (χ1v) is 12.1. The highest BCUT2D eigenvalue weighted by molar-refractivity contribution is 6.00.